The van der Waals surface area contributed by atoms with Crippen LogP contribution in [-0.2, 0) is 0 Å². The number of carbonyl (C=O) groups is 1. The topological polar surface area (TPSA) is 102 Å². The zero-order valence-electron chi connectivity index (χ0n) is 11.7. The lowest BCUT2D eigenvalue weighted by Crippen LogP contribution is -2.44. The molecule has 1 aromatic carbocycles. The van der Waals surface area contributed by atoms with Gasteiger partial charge in [-0.25, -0.2) is 0 Å². The first-order chi connectivity index (χ1) is 9.52. The Bertz CT molecular complexity index is 530. The van der Waals surface area contributed by atoms with E-state index >= 15 is 0 Å². The molecule has 2 rings (SSSR count). The maximum absolute atomic E-state index is 12.4. The second kappa shape index (κ2) is 7.24. The zero-order chi connectivity index (χ0) is 14.7. The molecule has 0 aliphatic carbocycles. The monoisotopic (exact) mass is 314 g/mol. The summed E-state index contributed by atoms with van der Waals surface area (Å²) in [5.41, 5.74) is 6.13. The maximum Gasteiger partial charge on any atom is 0.270 e. The molecule has 7 nitrogen and oxygen atoms in total. The van der Waals surface area contributed by atoms with Crippen LogP contribution >= 0.6 is 12.4 Å². The molecule has 0 bridgehead atoms. The van der Waals surface area contributed by atoms with Crippen molar-refractivity contribution in [1.29, 1.82) is 0 Å². The SMILES string of the molecule is CNC1CCN(C(=O)c2cc([N+](=O)[O-])ccc2N)CC1.Cl. The van der Waals surface area contributed by atoms with Crippen LogP contribution in [0.25, 0.3) is 0 Å². The van der Waals surface area contributed by atoms with Crippen molar-refractivity contribution in [2.75, 3.05) is 25.9 Å². The van der Waals surface area contributed by atoms with Gasteiger partial charge in [-0.1, -0.05) is 0 Å². The number of halogens is 1. The predicted molar refractivity (Wildman–Crippen MR) is 82.7 cm³/mol. The zero-order valence-corrected chi connectivity index (χ0v) is 12.6. The lowest BCUT2D eigenvalue weighted by Gasteiger charge is -2.32. The number of likely N-dealkylation sites (tertiary alicyclic amines) is 1. The number of nitrogens with zero attached hydrogens (tertiary/aromatic N) is 2. The van der Waals surface area contributed by atoms with Crippen LogP contribution in [0.15, 0.2) is 18.2 Å². The number of piperidine rings is 1. The van der Waals surface area contributed by atoms with E-state index in [4.69, 9.17) is 5.73 Å². The fourth-order valence-electron chi connectivity index (χ4n) is 2.38. The Balaban J connectivity index is 0.00000220. The Labute approximate surface area is 129 Å². The minimum atomic E-state index is -0.524. The van der Waals surface area contributed by atoms with E-state index < -0.39 is 4.92 Å². The molecule has 8 heteroatoms. The first kappa shape index (κ1) is 17.2. The Morgan fingerprint density at radius 2 is 2.05 bits per heavy atom. The predicted octanol–water partition coefficient (Wildman–Crippen LogP) is 1.42. The van der Waals surface area contributed by atoms with Gasteiger partial charge in [-0.3, -0.25) is 14.9 Å². The number of hydrogen-bond acceptors (Lipinski definition) is 5. The normalized spacial score (nSPS) is 15.4. The summed E-state index contributed by atoms with van der Waals surface area (Å²) >= 11 is 0. The highest BCUT2D eigenvalue weighted by Crippen LogP contribution is 2.22. The highest BCUT2D eigenvalue weighted by Gasteiger charge is 2.25. The van der Waals surface area contributed by atoms with E-state index in [-0.39, 0.29) is 35.3 Å². The van der Waals surface area contributed by atoms with Gasteiger partial charge >= 0.3 is 0 Å². The number of nitro benzene ring substituents is 1. The van der Waals surface area contributed by atoms with Crippen LogP contribution in [0.5, 0.6) is 0 Å². The molecule has 1 aromatic rings. The third-order valence-corrected chi connectivity index (χ3v) is 3.67. The van der Waals surface area contributed by atoms with Crippen LogP contribution in [-0.4, -0.2) is 41.9 Å². The maximum atomic E-state index is 12.4. The van der Waals surface area contributed by atoms with Gasteiger partial charge in [0.25, 0.3) is 11.6 Å². The van der Waals surface area contributed by atoms with Gasteiger partial charge in [0.05, 0.1) is 10.5 Å². The molecule has 116 valence electrons. The van der Waals surface area contributed by atoms with Gasteiger partial charge in [0.15, 0.2) is 0 Å². The van der Waals surface area contributed by atoms with Crippen LogP contribution in [0.3, 0.4) is 0 Å². The van der Waals surface area contributed by atoms with E-state index in [0.717, 1.165) is 12.8 Å². The van der Waals surface area contributed by atoms with Gasteiger partial charge in [-0.15, -0.1) is 12.4 Å². The van der Waals surface area contributed by atoms with Crippen molar-refractivity contribution in [3.8, 4) is 0 Å². The molecular formula is C13H19ClN4O3. The standard InChI is InChI=1S/C13H18N4O3.ClH/c1-15-9-4-6-16(7-5-9)13(18)11-8-10(17(19)20)2-3-12(11)14;/h2-3,8-9,15H,4-7,14H2,1H3;1H. The van der Waals surface area contributed by atoms with Crippen molar-refractivity contribution in [3.05, 3.63) is 33.9 Å². The molecule has 1 fully saturated rings. The minimum absolute atomic E-state index is 0. The Kier molecular flexibility index (Phi) is 5.92. The highest BCUT2D eigenvalue weighted by atomic mass is 35.5. The molecule has 1 saturated heterocycles. The summed E-state index contributed by atoms with van der Waals surface area (Å²) in [7, 11) is 1.90. The van der Waals surface area contributed by atoms with Crippen LogP contribution in [0.4, 0.5) is 11.4 Å². The van der Waals surface area contributed by atoms with Gasteiger partial charge in [0.2, 0.25) is 0 Å². The average molecular weight is 315 g/mol. The number of rotatable bonds is 3. The Hall–Kier alpha value is -1.86. The fraction of sp³-hybridized carbons (Fsp3) is 0.462. The Morgan fingerprint density at radius 3 is 2.57 bits per heavy atom. The van der Waals surface area contributed by atoms with E-state index in [0.29, 0.717) is 19.1 Å². The van der Waals surface area contributed by atoms with E-state index in [2.05, 4.69) is 5.32 Å². The van der Waals surface area contributed by atoms with Crippen molar-refractivity contribution in [3.63, 3.8) is 0 Å². The number of nitrogen functional groups attached to an aromatic ring is 1. The number of amides is 1. The number of nitrogens with one attached hydrogen (secondary N) is 1. The molecule has 0 saturated carbocycles. The number of nitro groups is 1. The van der Waals surface area contributed by atoms with Crippen molar-refractivity contribution < 1.29 is 9.72 Å². The van der Waals surface area contributed by atoms with Crippen molar-refractivity contribution in [2.45, 2.75) is 18.9 Å². The summed E-state index contributed by atoms with van der Waals surface area (Å²) in [5, 5.41) is 14.0. The van der Waals surface area contributed by atoms with Crippen LogP contribution < -0.4 is 11.1 Å². The molecule has 0 radical (unpaired) electrons. The number of hydrogen-bond donors (Lipinski definition) is 2. The first-order valence-corrected chi connectivity index (χ1v) is 6.53. The molecule has 21 heavy (non-hydrogen) atoms. The van der Waals surface area contributed by atoms with Crippen molar-refractivity contribution in [1.82, 2.24) is 10.2 Å². The number of carbonyl (C=O) groups excluding carboxylic acids is 1. The summed E-state index contributed by atoms with van der Waals surface area (Å²) < 4.78 is 0. The molecule has 0 atom stereocenters. The second-order valence-corrected chi connectivity index (χ2v) is 4.88. The van der Waals surface area contributed by atoms with Crippen molar-refractivity contribution >= 4 is 29.7 Å². The molecule has 1 amide bonds. The van der Waals surface area contributed by atoms with E-state index in [1.807, 2.05) is 7.05 Å². The third kappa shape index (κ3) is 3.83. The lowest BCUT2D eigenvalue weighted by atomic mass is 10.0. The number of benzene rings is 1. The molecule has 1 aliphatic rings. The summed E-state index contributed by atoms with van der Waals surface area (Å²) in [6.45, 7) is 1.26. The molecule has 0 spiro atoms. The molecule has 1 heterocycles. The van der Waals surface area contributed by atoms with Crippen LogP contribution in [0, 0.1) is 10.1 Å². The molecule has 0 aromatic heterocycles. The van der Waals surface area contributed by atoms with Gasteiger partial charge < -0.3 is 16.0 Å². The molecule has 0 unspecified atom stereocenters. The quantitative estimate of drug-likeness (QED) is 0.499. The van der Waals surface area contributed by atoms with Gasteiger partial charge in [-0.2, -0.15) is 0 Å². The van der Waals surface area contributed by atoms with E-state index in [1.165, 1.54) is 18.2 Å². The van der Waals surface area contributed by atoms with Gasteiger partial charge in [-0.05, 0) is 26.0 Å². The Morgan fingerprint density at radius 1 is 1.43 bits per heavy atom. The smallest absolute Gasteiger partial charge is 0.270 e. The number of anilines is 1. The second-order valence-electron chi connectivity index (χ2n) is 4.88. The first-order valence-electron chi connectivity index (χ1n) is 6.53. The molecular weight excluding hydrogens is 296 g/mol. The van der Waals surface area contributed by atoms with Gasteiger partial charge in [0.1, 0.15) is 0 Å². The summed E-state index contributed by atoms with van der Waals surface area (Å²) in [6, 6.07) is 4.38. The molecule has 3 N–H and O–H groups in total. The van der Waals surface area contributed by atoms with Gasteiger partial charge in [0, 0.05) is 37.0 Å². The molecule has 1 aliphatic heterocycles. The van der Waals surface area contributed by atoms with E-state index in [1.54, 1.807) is 4.90 Å². The van der Waals surface area contributed by atoms with E-state index in [9.17, 15) is 14.9 Å². The summed E-state index contributed by atoms with van der Waals surface area (Å²) in [6.07, 6.45) is 1.74. The fourth-order valence-corrected chi connectivity index (χ4v) is 2.38. The minimum Gasteiger partial charge on any atom is -0.398 e. The van der Waals surface area contributed by atoms with Crippen molar-refractivity contribution in [2.24, 2.45) is 0 Å². The highest BCUT2D eigenvalue weighted by molar-refractivity contribution is 5.99. The largest absolute Gasteiger partial charge is 0.398 e. The van der Waals surface area contributed by atoms with Crippen LogP contribution in [0.1, 0.15) is 23.2 Å². The number of non-ortho nitro benzene ring substituents is 1. The summed E-state index contributed by atoms with van der Waals surface area (Å²) in [4.78, 5) is 24.3. The van der Waals surface area contributed by atoms with Crippen LogP contribution in [0.2, 0.25) is 0 Å². The third-order valence-electron chi connectivity index (χ3n) is 3.67. The average Bonchev–Trinajstić information content (AvgIpc) is 2.47. The lowest BCUT2D eigenvalue weighted by molar-refractivity contribution is -0.384. The number of nitrogens with two attached hydrogens (primary N) is 1. The summed E-state index contributed by atoms with van der Waals surface area (Å²) in [5.74, 6) is -0.235.